The summed E-state index contributed by atoms with van der Waals surface area (Å²) in [6.45, 7) is 0.170. The summed E-state index contributed by atoms with van der Waals surface area (Å²) in [5.41, 5.74) is 3.49. The summed E-state index contributed by atoms with van der Waals surface area (Å²) in [7, 11) is 0. The molecule has 154 valence electrons. The van der Waals surface area contributed by atoms with Gasteiger partial charge in [-0.2, -0.15) is 0 Å². The number of amides is 3. The van der Waals surface area contributed by atoms with E-state index in [0.29, 0.717) is 17.5 Å². The van der Waals surface area contributed by atoms with E-state index in [1.54, 1.807) is 24.3 Å². The number of hydrogen-bond acceptors (Lipinski definition) is 4. The van der Waals surface area contributed by atoms with Crippen molar-refractivity contribution < 1.29 is 19.1 Å². The van der Waals surface area contributed by atoms with Crippen LogP contribution in [0.1, 0.15) is 55.9 Å². The number of ether oxygens (including phenoxy) is 1. The summed E-state index contributed by atoms with van der Waals surface area (Å²) in [6.07, 6.45) is -0.128. The number of carbonyl (C=O) groups excluding carboxylic acids is 3. The van der Waals surface area contributed by atoms with Crippen molar-refractivity contribution in [1.29, 1.82) is 0 Å². The molecule has 31 heavy (non-hydrogen) atoms. The minimum absolute atomic E-state index is 0.170. The molecule has 0 fully saturated rings. The lowest BCUT2D eigenvalue weighted by Crippen LogP contribution is -2.34. The summed E-state index contributed by atoms with van der Waals surface area (Å²) >= 11 is 0. The molecule has 3 aromatic rings. The minimum Gasteiger partial charge on any atom is -0.445 e. The maximum absolute atomic E-state index is 13.0. The van der Waals surface area contributed by atoms with Crippen LogP contribution < -0.4 is 5.32 Å². The van der Waals surface area contributed by atoms with Crippen LogP contribution in [0.4, 0.5) is 4.79 Å². The Morgan fingerprint density at radius 1 is 0.839 bits per heavy atom. The summed E-state index contributed by atoms with van der Waals surface area (Å²) in [4.78, 5) is 39.7. The largest absolute Gasteiger partial charge is 0.445 e. The second kappa shape index (κ2) is 7.72. The molecule has 3 aromatic carbocycles. The summed E-state index contributed by atoms with van der Waals surface area (Å²) in [5, 5.41) is 2.90. The van der Waals surface area contributed by atoms with Crippen LogP contribution in [0.15, 0.2) is 78.9 Å². The molecule has 6 heteroatoms. The van der Waals surface area contributed by atoms with Crippen molar-refractivity contribution in [1.82, 2.24) is 10.2 Å². The zero-order chi connectivity index (χ0) is 21.4. The van der Waals surface area contributed by atoms with Crippen LogP contribution in [0.5, 0.6) is 0 Å². The number of alkyl carbamates (subject to hydrolysis) is 1. The molecule has 0 unspecified atom stereocenters. The van der Waals surface area contributed by atoms with Crippen LogP contribution in [0.2, 0.25) is 0 Å². The monoisotopic (exact) mass is 412 g/mol. The van der Waals surface area contributed by atoms with Gasteiger partial charge >= 0.3 is 6.09 Å². The van der Waals surface area contributed by atoms with E-state index in [1.165, 1.54) is 4.90 Å². The van der Waals surface area contributed by atoms with Crippen LogP contribution in [-0.2, 0) is 11.3 Å². The number of nitrogens with one attached hydrogen (secondary N) is 1. The molecule has 0 bridgehead atoms. The zero-order valence-electron chi connectivity index (χ0n) is 16.7. The molecule has 6 nitrogen and oxygen atoms in total. The van der Waals surface area contributed by atoms with Gasteiger partial charge in [0.05, 0.1) is 23.2 Å². The third kappa shape index (κ3) is 3.36. The number of carbonyl (C=O) groups is 3. The molecule has 1 heterocycles. The Balaban J connectivity index is 1.35. The van der Waals surface area contributed by atoms with Gasteiger partial charge in [0.2, 0.25) is 0 Å². The number of rotatable bonds is 4. The fourth-order valence-electron chi connectivity index (χ4n) is 4.39. The lowest BCUT2D eigenvalue weighted by molar-refractivity contribution is 0.0577. The fraction of sp³-hybridized carbons (Fsp3) is 0.160. The highest BCUT2D eigenvalue weighted by molar-refractivity contribution is 6.21. The Kier molecular flexibility index (Phi) is 4.75. The van der Waals surface area contributed by atoms with Crippen molar-refractivity contribution in [2.24, 2.45) is 0 Å². The number of nitrogens with zero attached hydrogens (tertiary/aromatic N) is 1. The highest BCUT2D eigenvalue weighted by Gasteiger charge is 2.45. The first-order chi connectivity index (χ1) is 15.1. The Bertz CT molecular complexity index is 1140. The van der Waals surface area contributed by atoms with Gasteiger partial charge in [0.1, 0.15) is 6.61 Å². The third-order valence-electron chi connectivity index (χ3n) is 5.83. The Morgan fingerprint density at radius 2 is 1.42 bits per heavy atom. The Morgan fingerprint density at radius 3 is 2.10 bits per heavy atom. The number of hydrogen-bond donors (Lipinski definition) is 1. The summed E-state index contributed by atoms with van der Waals surface area (Å²) < 4.78 is 5.36. The van der Waals surface area contributed by atoms with Crippen molar-refractivity contribution in [3.8, 4) is 0 Å². The first kappa shape index (κ1) is 19.1. The number of imide groups is 1. The van der Waals surface area contributed by atoms with E-state index in [9.17, 15) is 14.4 Å². The molecular weight excluding hydrogens is 392 g/mol. The molecule has 5 rings (SSSR count). The quantitative estimate of drug-likeness (QED) is 0.645. The SMILES string of the molecule is O=C(N[C@H]1C[C@H](N2C(=O)c3ccccc3C2=O)c2ccccc21)OCc1ccccc1. The van der Waals surface area contributed by atoms with E-state index in [-0.39, 0.29) is 24.5 Å². The fourth-order valence-corrected chi connectivity index (χ4v) is 4.39. The standard InChI is InChI=1S/C25H20N2O4/c28-23-19-12-6-7-13-20(19)24(29)27(23)22-14-21(17-10-4-5-11-18(17)22)26-25(30)31-15-16-8-2-1-3-9-16/h1-13,21-22H,14-15H2,(H,26,30)/t21-,22-/m0/s1. The predicted molar refractivity (Wildman–Crippen MR) is 113 cm³/mol. The highest BCUT2D eigenvalue weighted by atomic mass is 16.5. The Hall–Kier alpha value is -3.93. The molecule has 0 saturated heterocycles. The van der Waals surface area contributed by atoms with E-state index in [2.05, 4.69) is 5.32 Å². The van der Waals surface area contributed by atoms with E-state index in [1.807, 2.05) is 54.6 Å². The average molecular weight is 412 g/mol. The van der Waals surface area contributed by atoms with Crippen molar-refractivity contribution in [3.05, 3.63) is 107 Å². The Labute approximate surface area is 179 Å². The van der Waals surface area contributed by atoms with Gasteiger partial charge in [0.25, 0.3) is 11.8 Å². The normalized spacial score (nSPS) is 19.2. The van der Waals surface area contributed by atoms with E-state index in [0.717, 1.165) is 16.7 Å². The predicted octanol–water partition coefficient (Wildman–Crippen LogP) is 4.40. The van der Waals surface area contributed by atoms with E-state index >= 15 is 0 Å². The maximum Gasteiger partial charge on any atom is 0.407 e. The van der Waals surface area contributed by atoms with E-state index in [4.69, 9.17) is 4.74 Å². The second-order valence-electron chi connectivity index (χ2n) is 7.66. The van der Waals surface area contributed by atoms with Crippen LogP contribution >= 0.6 is 0 Å². The lowest BCUT2D eigenvalue weighted by Gasteiger charge is -2.23. The van der Waals surface area contributed by atoms with Crippen LogP contribution in [0.25, 0.3) is 0 Å². The molecule has 0 spiro atoms. The van der Waals surface area contributed by atoms with Gasteiger partial charge in [-0.1, -0.05) is 66.7 Å². The van der Waals surface area contributed by atoms with Crippen LogP contribution in [-0.4, -0.2) is 22.8 Å². The van der Waals surface area contributed by atoms with Gasteiger partial charge in [0, 0.05) is 0 Å². The van der Waals surface area contributed by atoms with Gasteiger partial charge in [-0.3, -0.25) is 14.5 Å². The number of fused-ring (bicyclic) bond motifs is 2. The van der Waals surface area contributed by atoms with Gasteiger partial charge in [-0.05, 0) is 35.2 Å². The topological polar surface area (TPSA) is 75.7 Å². The lowest BCUT2D eigenvalue weighted by atomic mass is 10.1. The van der Waals surface area contributed by atoms with Crippen molar-refractivity contribution in [2.45, 2.75) is 25.1 Å². The molecular formula is C25H20N2O4. The van der Waals surface area contributed by atoms with E-state index < -0.39 is 12.1 Å². The molecule has 2 atom stereocenters. The van der Waals surface area contributed by atoms with Crippen molar-refractivity contribution in [2.75, 3.05) is 0 Å². The van der Waals surface area contributed by atoms with Crippen LogP contribution in [0, 0.1) is 0 Å². The third-order valence-corrected chi connectivity index (χ3v) is 5.83. The summed E-state index contributed by atoms with van der Waals surface area (Å²) in [5.74, 6) is -0.597. The van der Waals surface area contributed by atoms with Gasteiger partial charge in [0.15, 0.2) is 0 Å². The zero-order valence-corrected chi connectivity index (χ0v) is 16.7. The van der Waals surface area contributed by atoms with Gasteiger partial charge in [-0.15, -0.1) is 0 Å². The number of benzene rings is 3. The van der Waals surface area contributed by atoms with Gasteiger partial charge < -0.3 is 10.1 Å². The molecule has 1 aliphatic carbocycles. The maximum atomic E-state index is 13.0. The average Bonchev–Trinajstić information content (AvgIpc) is 3.28. The van der Waals surface area contributed by atoms with Gasteiger partial charge in [-0.25, -0.2) is 4.79 Å². The first-order valence-electron chi connectivity index (χ1n) is 10.2. The second-order valence-corrected chi connectivity index (χ2v) is 7.66. The first-order valence-corrected chi connectivity index (χ1v) is 10.2. The molecule has 0 aromatic heterocycles. The van der Waals surface area contributed by atoms with Crippen molar-refractivity contribution >= 4 is 17.9 Å². The molecule has 1 N–H and O–H groups in total. The molecule has 3 amide bonds. The van der Waals surface area contributed by atoms with Crippen LogP contribution in [0.3, 0.4) is 0 Å². The molecule has 0 saturated carbocycles. The smallest absolute Gasteiger partial charge is 0.407 e. The molecule has 1 aliphatic heterocycles. The highest BCUT2D eigenvalue weighted by Crippen LogP contribution is 2.44. The summed E-state index contributed by atoms with van der Waals surface area (Å²) in [6, 6.07) is 23.1. The molecule has 2 aliphatic rings. The minimum atomic E-state index is -0.535. The van der Waals surface area contributed by atoms with Crippen molar-refractivity contribution in [3.63, 3.8) is 0 Å². The molecule has 0 radical (unpaired) electrons.